The smallest absolute Gasteiger partial charge is 0.313 e. The normalized spacial score (nSPS) is 11.2. The van der Waals surface area contributed by atoms with Crippen LogP contribution in [0.15, 0.2) is 0 Å². The molecule has 0 N–H and O–H groups in total. The largest absolute Gasteiger partial charge is 0.460 e. The first-order valence-electron chi connectivity index (χ1n) is 5.58. The highest BCUT2D eigenvalue weighted by Gasteiger charge is 2.18. The summed E-state index contributed by atoms with van der Waals surface area (Å²) in [6, 6.07) is 0. The molecule has 15 heavy (non-hydrogen) atoms. The summed E-state index contributed by atoms with van der Waals surface area (Å²) in [5, 5.41) is 0. The van der Waals surface area contributed by atoms with Crippen LogP contribution in [0.3, 0.4) is 0 Å². The van der Waals surface area contributed by atoms with Crippen LogP contribution >= 0.6 is 0 Å². The maximum atomic E-state index is 11.3. The van der Waals surface area contributed by atoms with Crippen molar-refractivity contribution >= 4 is 11.8 Å². The van der Waals surface area contributed by atoms with Crippen LogP contribution in [0.25, 0.3) is 0 Å². The van der Waals surface area contributed by atoms with Gasteiger partial charge in [0.05, 0.1) is 0 Å². The van der Waals surface area contributed by atoms with E-state index in [4.69, 9.17) is 4.74 Å². The van der Waals surface area contributed by atoms with Gasteiger partial charge in [-0.05, 0) is 27.2 Å². The second-order valence-corrected chi connectivity index (χ2v) is 4.76. The maximum absolute atomic E-state index is 11.3. The summed E-state index contributed by atoms with van der Waals surface area (Å²) in [5.41, 5.74) is -0.499. The van der Waals surface area contributed by atoms with Crippen molar-refractivity contribution in [1.29, 1.82) is 0 Å². The Balaban J connectivity index is 3.72. The first-order chi connectivity index (χ1) is 6.85. The minimum Gasteiger partial charge on any atom is -0.460 e. The van der Waals surface area contributed by atoms with Gasteiger partial charge >= 0.3 is 5.97 Å². The predicted molar refractivity (Wildman–Crippen MR) is 59.6 cm³/mol. The Morgan fingerprint density at radius 1 is 1.13 bits per heavy atom. The van der Waals surface area contributed by atoms with Gasteiger partial charge in [-0.25, -0.2) is 0 Å². The van der Waals surface area contributed by atoms with E-state index < -0.39 is 11.6 Å². The third-order valence-corrected chi connectivity index (χ3v) is 1.82. The van der Waals surface area contributed by atoms with E-state index in [9.17, 15) is 9.59 Å². The highest BCUT2D eigenvalue weighted by atomic mass is 16.6. The summed E-state index contributed by atoms with van der Waals surface area (Å²) >= 11 is 0. The minimum absolute atomic E-state index is 0.0160. The lowest BCUT2D eigenvalue weighted by Crippen LogP contribution is -2.25. The van der Waals surface area contributed by atoms with Crippen LogP contribution in [0.4, 0.5) is 0 Å². The van der Waals surface area contributed by atoms with Gasteiger partial charge in [0.25, 0.3) is 0 Å². The first-order valence-corrected chi connectivity index (χ1v) is 5.58. The number of Topliss-reactive ketones (excluding diaryl/α,β-unsaturated/α-hetero) is 1. The van der Waals surface area contributed by atoms with E-state index in [1.54, 1.807) is 20.8 Å². The molecule has 0 rings (SSSR count). The van der Waals surface area contributed by atoms with Gasteiger partial charge in [0.2, 0.25) is 0 Å². The van der Waals surface area contributed by atoms with Crippen molar-refractivity contribution in [2.75, 3.05) is 0 Å². The molecular weight excluding hydrogens is 192 g/mol. The molecular formula is C12H22O3. The molecule has 0 aliphatic carbocycles. The fourth-order valence-electron chi connectivity index (χ4n) is 1.20. The van der Waals surface area contributed by atoms with Crippen molar-refractivity contribution < 1.29 is 14.3 Å². The molecule has 0 spiro atoms. The molecule has 0 fully saturated rings. The van der Waals surface area contributed by atoms with Gasteiger partial charge < -0.3 is 4.74 Å². The van der Waals surface area contributed by atoms with Crippen molar-refractivity contribution in [2.24, 2.45) is 0 Å². The number of unbranched alkanes of at least 4 members (excludes halogenated alkanes) is 2. The fraction of sp³-hybridized carbons (Fsp3) is 0.833. The topological polar surface area (TPSA) is 43.4 Å². The number of ketones is 1. The van der Waals surface area contributed by atoms with Crippen molar-refractivity contribution in [1.82, 2.24) is 0 Å². The summed E-state index contributed by atoms with van der Waals surface area (Å²) in [4.78, 5) is 22.6. The Morgan fingerprint density at radius 3 is 2.20 bits per heavy atom. The quantitative estimate of drug-likeness (QED) is 0.388. The molecule has 88 valence electrons. The van der Waals surface area contributed by atoms with E-state index in [1.807, 2.05) is 0 Å². The number of carbonyl (C=O) groups excluding carboxylic acids is 2. The van der Waals surface area contributed by atoms with E-state index in [0.29, 0.717) is 6.42 Å². The zero-order valence-corrected chi connectivity index (χ0v) is 10.3. The summed E-state index contributed by atoms with van der Waals surface area (Å²) in [6.07, 6.45) is 3.41. The molecule has 0 atom stereocenters. The fourth-order valence-corrected chi connectivity index (χ4v) is 1.20. The van der Waals surface area contributed by atoms with Crippen LogP contribution in [0.5, 0.6) is 0 Å². The Labute approximate surface area is 92.2 Å². The predicted octanol–water partition coefficient (Wildman–Crippen LogP) is 2.87. The minimum atomic E-state index is -0.499. The molecule has 0 bridgehead atoms. The molecule has 0 aromatic rings. The lowest BCUT2D eigenvalue weighted by molar-refractivity contribution is -0.156. The molecule has 0 amide bonds. The summed E-state index contributed by atoms with van der Waals surface area (Å²) in [7, 11) is 0. The third kappa shape index (κ3) is 9.44. The molecule has 3 heteroatoms. The Kier molecular flexibility index (Phi) is 6.21. The first kappa shape index (κ1) is 14.1. The summed E-state index contributed by atoms with van der Waals surface area (Å²) in [6.45, 7) is 7.48. The van der Waals surface area contributed by atoms with E-state index in [-0.39, 0.29) is 12.2 Å². The third-order valence-electron chi connectivity index (χ3n) is 1.82. The molecule has 0 aliphatic heterocycles. The van der Waals surface area contributed by atoms with E-state index >= 15 is 0 Å². The molecule has 0 unspecified atom stereocenters. The molecule has 0 heterocycles. The van der Waals surface area contributed by atoms with Gasteiger partial charge in [0, 0.05) is 6.42 Å². The highest BCUT2D eigenvalue weighted by Crippen LogP contribution is 2.09. The molecule has 0 aromatic carbocycles. The Hall–Kier alpha value is -0.860. The van der Waals surface area contributed by atoms with Crippen LogP contribution in [0.1, 0.15) is 59.8 Å². The van der Waals surface area contributed by atoms with E-state index in [1.165, 1.54) is 0 Å². The second-order valence-electron chi connectivity index (χ2n) is 4.76. The van der Waals surface area contributed by atoms with Gasteiger partial charge in [0.1, 0.15) is 17.8 Å². The molecule has 0 saturated heterocycles. The zero-order chi connectivity index (χ0) is 11.9. The average Bonchev–Trinajstić information content (AvgIpc) is 2.00. The van der Waals surface area contributed by atoms with E-state index in [2.05, 4.69) is 6.92 Å². The van der Waals surface area contributed by atoms with Gasteiger partial charge in [-0.15, -0.1) is 0 Å². The number of esters is 1. The number of ether oxygens (including phenoxy) is 1. The lowest BCUT2D eigenvalue weighted by atomic mass is 10.1. The van der Waals surface area contributed by atoms with Gasteiger partial charge in [-0.3, -0.25) is 9.59 Å². The maximum Gasteiger partial charge on any atom is 0.313 e. The highest BCUT2D eigenvalue weighted by molar-refractivity contribution is 5.95. The van der Waals surface area contributed by atoms with Crippen molar-refractivity contribution in [3.05, 3.63) is 0 Å². The number of hydrogen-bond acceptors (Lipinski definition) is 3. The van der Waals surface area contributed by atoms with Crippen LogP contribution < -0.4 is 0 Å². The molecule has 0 aromatic heterocycles. The lowest BCUT2D eigenvalue weighted by Gasteiger charge is -2.19. The standard InChI is InChI=1S/C12H22O3/c1-5-6-7-8-10(13)9-11(14)15-12(2,3)4/h5-9H2,1-4H3. The summed E-state index contributed by atoms with van der Waals surface area (Å²) < 4.78 is 5.05. The van der Waals surface area contributed by atoms with Crippen LogP contribution in [0, 0.1) is 0 Å². The number of carbonyl (C=O) groups is 2. The molecule has 0 radical (unpaired) electrons. The van der Waals surface area contributed by atoms with Crippen molar-refractivity contribution in [2.45, 2.75) is 65.4 Å². The summed E-state index contributed by atoms with van der Waals surface area (Å²) in [5.74, 6) is -0.429. The molecule has 0 saturated carbocycles. The van der Waals surface area contributed by atoms with Gasteiger partial charge in [-0.2, -0.15) is 0 Å². The number of rotatable bonds is 6. The van der Waals surface area contributed by atoms with Gasteiger partial charge in [0.15, 0.2) is 0 Å². The monoisotopic (exact) mass is 214 g/mol. The second kappa shape index (κ2) is 6.59. The Morgan fingerprint density at radius 2 is 1.73 bits per heavy atom. The SMILES string of the molecule is CCCCCC(=O)CC(=O)OC(C)(C)C. The van der Waals surface area contributed by atoms with Crippen LogP contribution in [-0.2, 0) is 14.3 Å². The van der Waals surface area contributed by atoms with Gasteiger partial charge in [-0.1, -0.05) is 19.8 Å². The zero-order valence-electron chi connectivity index (χ0n) is 10.3. The van der Waals surface area contributed by atoms with Crippen LogP contribution in [-0.4, -0.2) is 17.4 Å². The molecule has 3 nitrogen and oxygen atoms in total. The average molecular weight is 214 g/mol. The Bertz CT molecular complexity index is 213. The molecule has 0 aliphatic rings. The van der Waals surface area contributed by atoms with Crippen LogP contribution in [0.2, 0.25) is 0 Å². The number of hydrogen-bond donors (Lipinski definition) is 0. The van der Waals surface area contributed by atoms with Crippen molar-refractivity contribution in [3.8, 4) is 0 Å². The van der Waals surface area contributed by atoms with Crippen molar-refractivity contribution in [3.63, 3.8) is 0 Å². The van der Waals surface area contributed by atoms with E-state index in [0.717, 1.165) is 19.3 Å².